The Hall–Kier alpha value is -3.12. The number of fused-ring (bicyclic) bond motifs is 2. The first-order chi connectivity index (χ1) is 14.9. The van der Waals surface area contributed by atoms with Crippen molar-refractivity contribution >= 4 is 33.8 Å². The van der Waals surface area contributed by atoms with E-state index in [0.29, 0.717) is 24.3 Å². The van der Waals surface area contributed by atoms with Gasteiger partial charge in [-0.3, -0.25) is 10.2 Å². The van der Waals surface area contributed by atoms with Crippen molar-refractivity contribution in [3.05, 3.63) is 95.1 Å². The van der Waals surface area contributed by atoms with E-state index in [0.717, 1.165) is 27.9 Å². The fourth-order valence-electron chi connectivity index (χ4n) is 4.31. The van der Waals surface area contributed by atoms with Crippen molar-refractivity contribution in [3.63, 3.8) is 0 Å². The van der Waals surface area contributed by atoms with Gasteiger partial charge < -0.3 is 13.9 Å². The maximum Gasteiger partial charge on any atom is 0.203 e. The molecular formula is C26H26BrN3O2. The molecule has 2 heterocycles. The highest BCUT2D eigenvalue weighted by atomic mass is 79.9. The molecule has 0 aliphatic carbocycles. The van der Waals surface area contributed by atoms with Crippen LogP contribution in [0.5, 0.6) is 5.75 Å². The van der Waals surface area contributed by atoms with Crippen molar-refractivity contribution in [1.29, 1.82) is 5.41 Å². The summed E-state index contributed by atoms with van der Waals surface area (Å²) in [5.74, 6) is 0.849. The normalized spacial score (nSPS) is 13.9. The third-order valence-corrected chi connectivity index (χ3v) is 6.08. The fraction of sp³-hybridized carbons (Fsp3) is 0.231. The average molecular weight is 492 g/mol. The Labute approximate surface area is 197 Å². The lowest BCUT2D eigenvalue weighted by molar-refractivity contribution is 0.0971. The molecule has 5 rings (SSSR count). The van der Waals surface area contributed by atoms with Crippen LogP contribution < -0.4 is 10.4 Å². The van der Waals surface area contributed by atoms with Gasteiger partial charge in [0.2, 0.25) is 5.62 Å². The van der Waals surface area contributed by atoms with Gasteiger partial charge in [-0.25, -0.2) is 0 Å². The van der Waals surface area contributed by atoms with Crippen molar-refractivity contribution in [2.75, 3.05) is 6.61 Å². The summed E-state index contributed by atoms with van der Waals surface area (Å²) in [6, 6.07) is 23.7. The molecule has 0 fully saturated rings. The topological polar surface area (TPSA) is 60.0 Å². The lowest BCUT2D eigenvalue weighted by Gasteiger charge is -2.15. The minimum atomic E-state index is -0.106. The van der Waals surface area contributed by atoms with Crippen LogP contribution in [-0.2, 0) is 18.5 Å². The number of rotatable bonds is 5. The number of nitrogens with one attached hydrogen (secondary N) is 1. The number of Topliss-reactive ketones (excluding diaryl/α,β-unsaturated/α-hetero) is 1. The molecule has 0 saturated carbocycles. The van der Waals surface area contributed by atoms with Crippen LogP contribution in [0.2, 0.25) is 0 Å². The van der Waals surface area contributed by atoms with Gasteiger partial charge in [-0.1, -0.05) is 56.3 Å². The highest BCUT2D eigenvalue weighted by Gasteiger charge is 2.32. The summed E-state index contributed by atoms with van der Waals surface area (Å²) in [7, 11) is 0. The molecule has 1 aliphatic heterocycles. The zero-order valence-corrected chi connectivity index (χ0v) is 19.9. The van der Waals surface area contributed by atoms with Crippen molar-refractivity contribution in [3.8, 4) is 5.75 Å². The van der Waals surface area contributed by atoms with Gasteiger partial charge in [-0.2, -0.15) is 0 Å². The summed E-state index contributed by atoms with van der Waals surface area (Å²) in [6.07, 6.45) is 0. The molecule has 0 bridgehead atoms. The minimum absolute atomic E-state index is 0. The molecule has 1 aliphatic rings. The van der Waals surface area contributed by atoms with Gasteiger partial charge in [-0.15, -0.1) is 17.0 Å². The monoisotopic (exact) mass is 491 g/mol. The zero-order valence-electron chi connectivity index (χ0n) is 18.2. The van der Waals surface area contributed by atoms with Gasteiger partial charge in [-0.05, 0) is 35.9 Å². The lowest BCUT2D eigenvalue weighted by atomic mass is 9.86. The van der Waals surface area contributed by atoms with E-state index in [4.69, 9.17) is 10.1 Å². The molecule has 6 heteroatoms. The molecule has 0 atom stereocenters. The zero-order chi connectivity index (χ0) is 21.6. The summed E-state index contributed by atoms with van der Waals surface area (Å²) in [5, 5.41) is 8.82. The first-order valence-electron chi connectivity index (χ1n) is 10.5. The Balaban J connectivity index is 0.00000245. The van der Waals surface area contributed by atoms with Gasteiger partial charge in [0.25, 0.3) is 0 Å². The van der Waals surface area contributed by atoms with E-state index in [1.807, 2.05) is 65.2 Å². The third-order valence-electron chi connectivity index (χ3n) is 6.08. The van der Waals surface area contributed by atoms with Gasteiger partial charge in [0.05, 0.1) is 30.7 Å². The third kappa shape index (κ3) is 3.79. The van der Waals surface area contributed by atoms with Gasteiger partial charge in [0.1, 0.15) is 5.75 Å². The molecule has 1 N–H and O–H groups in total. The van der Waals surface area contributed by atoms with Crippen molar-refractivity contribution < 1.29 is 9.53 Å². The van der Waals surface area contributed by atoms with Crippen molar-refractivity contribution in [2.45, 2.75) is 32.4 Å². The van der Waals surface area contributed by atoms with Gasteiger partial charge in [0, 0.05) is 16.5 Å². The number of ether oxygens (including phenoxy) is 1. The number of nitrogens with zero attached hydrogens (tertiary/aromatic N) is 2. The largest absolute Gasteiger partial charge is 0.492 e. The van der Waals surface area contributed by atoms with E-state index in [-0.39, 0.29) is 34.7 Å². The Morgan fingerprint density at radius 1 is 0.969 bits per heavy atom. The number of imidazole rings is 1. The predicted molar refractivity (Wildman–Crippen MR) is 131 cm³/mol. The molecule has 0 spiro atoms. The second kappa shape index (κ2) is 8.43. The standard InChI is InChI=1S/C26H25N3O2.BrH/c1-26(2)17-31-24-13-12-19(14-20(24)26)23(30)16-29-22-11-7-6-10-21(22)28(25(29)27)15-18-8-4-3-5-9-18;/h3-14,27H,15-17H2,1-2H3;1H. The SMILES string of the molecule is Br.CC1(C)COc2ccc(C(=O)Cn3c(=N)n(Cc4ccccc4)c4ccccc43)cc21. The Morgan fingerprint density at radius 2 is 1.62 bits per heavy atom. The molecule has 1 aromatic heterocycles. The molecule has 0 amide bonds. The Bertz CT molecular complexity index is 1350. The van der Waals surface area contributed by atoms with E-state index in [2.05, 4.69) is 26.0 Å². The van der Waals surface area contributed by atoms with E-state index in [1.54, 1.807) is 4.57 Å². The second-order valence-corrected chi connectivity index (χ2v) is 8.78. The minimum Gasteiger partial charge on any atom is -0.492 e. The summed E-state index contributed by atoms with van der Waals surface area (Å²) in [5.41, 5.74) is 4.91. The number of benzene rings is 3. The fourth-order valence-corrected chi connectivity index (χ4v) is 4.31. The number of carbonyl (C=O) groups excluding carboxylic acids is 1. The number of hydrogen-bond donors (Lipinski definition) is 1. The van der Waals surface area contributed by atoms with Crippen LogP contribution in [0.1, 0.15) is 35.3 Å². The first kappa shape index (κ1) is 22.1. The van der Waals surface area contributed by atoms with E-state index in [9.17, 15) is 4.79 Å². The number of aromatic nitrogens is 2. The molecule has 0 saturated heterocycles. The number of carbonyl (C=O) groups is 1. The smallest absolute Gasteiger partial charge is 0.203 e. The van der Waals surface area contributed by atoms with Crippen LogP contribution in [-0.4, -0.2) is 21.5 Å². The van der Waals surface area contributed by atoms with Crippen LogP contribution in [0, 0.1) is 5.41 Å². The molecule has 0 unspecified atom stereocenters. The van der Waals surface area contributed by atoms with Crippen LogP contribution in [0.3, 0.4) is 0 Å². The molecule has 3 aromatic carbocycles. The average Bonchev–Trinajstić information content (AvgIpc) is 3.23. The lowest BCUT2D eigenvalue weighted by Crippen LogP contribution is -2.27. The predicted octanol–water partition coefficient (Wildman–Crippen LogP) is 5.10. The van der Waals surface area contributed by atoms with Gasteiger partial charge >= 0.3 is 0 Å². The van der Waals surface area contributed by atoms with Crippen molar-refractivity contribution in [1.82, 2.24) is 9.13 Å². The van der Waals surface area contributed by atoms with Crippen molar-refractivity contribution in [2.24, 2.45) is 0 Å². The Kier molecular flexibility index (Phi) is 5.82. The Morgan fingerprint density at radius 3 is 2.34 bits per heavy atom. The summed E-state index contributed by atoms with van der Waals surface area (Å²) in [4.78, 5) is 13.2. The number of para-hydroxylation sites is 2. The van der Waals surface area contributed by atoms with E-state index >= 15 is 0 Å². The molecule has 32 heavy (non-hydrogen) atoms. The molecular weight excluding hydrogens is 466 g/mol. The first-order valence-corrected chi connectivity index (χ1v) is 10.5. The number of hydrogen-bond acceptors (Lipinski definition) is 3. The highest BCUT2D eigenvalue weighted by Crippen LogP contribution is 2.38. The number of halogens is 1. The quantitative estimate of drug-likeness (QED) is 0.394. The molecule has 0 radical (unpaired) electrons. The molecule has 5 nitrogen and oxygen atoms in total. The number of ketones is 1. The van der Waals surface area contributed by atoms with E-state index in [1.165, 1.54) is 0 Å². The maximum absolute atomic E-state index is 13.2. The van der Waals surface area contributed by atoms with Crippen LogP contribution in [0.25, 0.3) is 11.0 Å². The second-order valence-electron chi connectivity index (χ2n) is 8.78. The molecule has 4 aromatic rings. The van der Waals surface area contributed by atoms with E-state index < -0.39 is 0 Å². The van der Waals surface area contributed by atoms with Crippen LogP contribution in [0.4, 0.5) is 0 Å². The highest BCUT2D eigenvalue weighted by molar-refractivity contribution is 8.93. The van der Waals surface area contributed by atoms with Crippen LogP contribution in [0.15, 0.2) is 72.8 Å². The molecule has 164 valence electrons. The summed E-state index contributed by atoms with van der Waals surface area (Å²) < 4.78 is 9.51. The maximum atomic E-state index is 13.2. The van der Waals surface area contributed by atoms with Crippen LogP contribution >= 0.6 is 17.0 Å². The summed E-state index contributed by atoms with van der Waals surface area (Å²) in [6.45, 7) is 5.59. The van der Waals surface area contributed by atoms with Gasteiger partial charge in [0.15, 0.2) is 5.78 Å². The summed E-state index contributed by atoms with van der Waals surface area (Å²) >= 11 is 0.